The van der Waals surface area contributed by atoms with E-state index in [1.54, 1.807) is 0 Å². The second-order valence-corrected chi connectivity index (χ2v) is 8.02. The van der Waals surface area contributed by atoms with Gasteiger partial charge < -0.3 is 4.74 Å². The first-order valence-electron chi connectivity index (χ1n) is 9.79. The van der Waals surface area contributed by atoms with E-state index >= 15 is 0 Å². The summed E-state index contributed by atoms with van der Waals surface area (Å²) in [6.45, 7) is 10.1. The van der Waals surface area contributed by atoms with Gasteiger partial charge in [-0.05, 0) is 67.5 Å². The zero-order valence-corrected chi connectivity index (χ0v) is 16.1. The highest BCUT2D eigenvalue weighted by Gasteiger charge is 2.45. The van der Waals surface area contributed by atoms with Gasteiger partial charge in [-0.1, -0.05) is 24.6 Å². The molecule has 0 atom stereocenters. The first kappa shape index (κ1) is 17.6. The van der Waals surface area contributed by atoms with Gasteiger partial charge in [-0.15, -0.1) is 5.10 Å². The van der Waals surface area contributed by atoms with Gasteiger partial charge in [0.15, 0.2) is 5.82 Å². The maximum atomic E-state index is 5.62. The maximum absolute atomic E-state index is 5.62. The van der Waals surface area contributed by atoms with Crippen LogP contribution in [-0.4, -0.2) is 51.4 Å². The van der Waals surface area contributed by atoms with Crippen LogP contribution >= 0.6 is 0 Å². The summed E-state index contributed by atoms with van der Waals surface area (Å²) in [6.07, 6.45) is 4.66. The van der Waals surface area contributed by atoms with Gasteiger partial charge >= 0.3 is 0 Å². The van der Waals surface area contributed by atoms with E-state index in [-0.39, 0.29) is 5.54 Å². The van der Waals surface area contributed by atoms with Crippen LogP contribution in [0.15, 0.2) is 18.2 Å². The molecule has 0 bridgehead atoms. The predicted molar refractivity (Wildman–Crippen MR) is 100 cm³/mol. The Bertz CT molecular complexity index is 757. The number of benzene rings is 1. The molecular weight excluding hydrogens is 326 g/mol. The van der Waals surface area contributed by atoms with Crippen molar-refractivity contribution in [3.05, 3.63) is 35.2 Å². The van der Waals surface area contributed by atoms with E-state index in [1.165, 1.54) is 24.0 Å². The molecule has 1 aromatic carbocycles. The van der Waals surface area contributed by atoms with Crippen molar-refractivity contribution in [3.63, 3.8) is 0 Å². The normalized spacial score (nSPS) is 27.6. The molecule has 0 amide bonds. The molecule has 1 aliphatic heterocycles. The Balaban J connectivity index is 1.79. The third kappa shape index (κ3) is 3.05. The van der Waals surface area contributed by atoms with E-state index in [9.17, 15) is 0 Å². The van der Waals surface area contributed by atoms with Crippen molar-refractivity contribution < 1.29 is 4.74 Å². The summed E-state index contributed by atoms with van der Waals surface area (Å²) >= 11 is 0. The molecule has 0 unspecified atom stereocenters. The van der Waals surface area contributed by atoms with E-state index in [4.69, 9.17) is 4.74 Å². The molecule has 6 heteroatoms. The summed E-state index contributed by atoms with van der Waals surface area (Å²) in [7, 11) is 0. The monoisotopic (exact) mass is 355 g/mol. The van der Waals surface area contributed by atoms with Crippen LogP contribution in [-0.2, 0) is 10.3 Å². The Morgan fingerprint density at radius 1 is 1.12 bits per heavy atom. The molecule has 0 radical (unpaired) electrons. The van der Waals surface area contributed by atoms with Crippen molar-refractivity contribution in [2.45, 2.75) is 52.0 Å². The quantitative estimate of drug-likeness (QED) is 0.847. The lowest BCUT2D eigenvalue weighted by atomic mass is 9.75. The predicted octanol–water partition coefficient (Wildman–Crippen LogP) is 3.02. The molecule has 0 spiro atoms. The number of tetrazole rings is 1. The third-order valence-corrected chi connectivity index (χ3v) is 6.18. The molecule has 6 nitrogen and oxygen atoms in total. The van der Waals surface area contributed by atoms with Crippen LogP contribution in [0.2, 0.25) is 0 Å². The summed E-state index contributed by atoms with van der Waals surface area (Å²) in [5.41, 5.74) is 3.47. The zero-order valence-electron chi connectivity index (χ0n) is 16.1. The molecule has 2 fully saturated rings. The minimum Gasteiger partial charge on any atom is -0.379 e. The van der Waals surface area contributed by atoms with Gasteiger partial charge in [-0.3, -0.25) is 4.90 Å². The second kappa shape index (κ2) is 7.08. The number of hydrogen-bond donors (Lipinski definition) is 0. The van der Waals surface area contributed by atoms with E-state index < -0.39 is 0 Å². The van der Waals surface area contributed by atoms with Crippen molar-refractivity contribution in [2.75, 3.05) is 26.3 Å². The lowest BCUT2D eigenvalue weighted by molar-refractivity contribution is -0.0499. The number of ether oxygens (including phenoxy) is 1. The highest BCUT2D eigenvalue weighted by molar-refractivity contribution is 5.42. The molecule has 1 saturated heterocycles. The minimum absolute atomic E-state index is 0.0862. The molecule has 2 aliphatic rings. The number of aryl methyl sites for hydroxylation is 2. The smallest absolute Gasteiger partial charge is 0.176 e. The minimum atomic E-state index is -0.0862. The summed E-state index contributed by atoms with van der Waals surface area (Å²) in [5.74, 6) is 1.77. The van der Waals surface area contributed by atoms with Crippen molar-refractivity contribution in [3.8, 4) is 5.69 Å². The molecule has 140 valence electrons. The Morgan fingerprint density at radius 3 is 2.54 bits per heavy atom. The average Bonchev–Trinajstić information content (AvgIpc) is 3.13. The average molecular weight is 355 g/mol. The summed E-state index contributed by atoms with van der Waals surface area (Å²) < 4.78 is 7.61. The second-order valence-electron chi connectivity index (χ2n) is 8.02. The fourth-order valence-corrected chi connectivity index (χ4v) is 4.59. The highest BCUT2D eigenvalue weighted by Crippen LogP contribution is 2.44. The van der Waals surface area contributed by atoms with Gasteiger partial charge in [-0.2, -0.15) is 4.68 Å². The SMILES string of the molecule is Cc1ccc(-n2nnnc2C2(N3CCOCC3)CCC(C)CC2)c(C)c1. The van der Waals surface area contributed by atoms with Crippen LogP contribution in [0.1, 0.15) is 49.6 Å². The lowest BCUT2D eigenvalue weighted by Crippen LogP contribution is -2.54. The Morgan fingerprint density at radius 2 is 1.85 bits per heavy atom. The van der Waals surface area contributed by atoms with Gasteiger partial charge in [0.05, 0.1) is 24.4 Å². The fraction of sp³-hybridized carbons (Fsp3) is 0.650. The number of morpholine rings is 1. The topological polar surface area (TPSA) is 56.1 Å². The molecule has 2 heterocycles. The summed E-state index contributed by atoms with van der Waals surface area (Å²) in [4.78, 5) is 2.58. The molecule has 1 aromatic heterocycles. The standard InChI is InChI=1S/C20H29N5O/c1-15-6-8-20(9-7-15,24-10-12-26-13-11-24)19-21-22-23-25(19)18-5-4-16(2)14-17(18)3/h4-5,14-15H,6-13H2,1-3H3. The van der Waals surface area contributed by atoms with Crippen molar-refractivity contribution in [2.24, 2.45) is 5.92 Å². The number of nitrogens with zero attached hydrogens (tertiary/aromatic N) is 5. The van der Waals surface area contributed by atoms with Crippen molar-refractivity contribution in [1.82, 2.24) is 25.1 Å². The van der Waals surface area contributed by atoms with Gasteiger partial charge in [0.1, 0.15) is 0 Å². The van der Waals surface area contributed by atoms with Crippen LogP contribution < -0.4 is 0 Å². The van der Waals surface area contributed by atoms with Crippen molar-refractivity contribution >= 4 is 0 Å². The van der Waals surface area contributed by atoms with Crippen LogP contribution in [0, 0.1) is 19.8 Å². The van der Waals surface area contributed by atoms with E-state index in [2.05, 4.69) is 59.4 Å². The molecular formula is C20H29N5O. The molecule has 26 heavy (non-hydrogen) atoms. The first-order chi connectivity index (χ1) is 12.6. The van der Waals surface area contributed by atoms with E-state index in [0.717, 1.165) is 56.6 Å². The first-order valence-corrected chi connectivity index (χ1v) is 9.79. The summed E-state index contributed by atoms with van der Waals surface area (Å²) in [5, 5.41) is 13.1. The van der Waals surface area contributed by atoms with Crippen molar-refractivity contribution in [1.29, 1.82) is 0 Å². The van der Waals surface area contributed by atoms with Crippen LogP contribution in [0.4, 0.5) is 0 Å². The lowest BCUT2D eigenvalue weighted by Gasteiger charge is -2.47. The molecule has 1 saturated carbocycles. The van der Waals surface area contributed by atoms with E-state index in [1.807, 2.05) is 4.68 Å². The third-order valence-electron chi connectivity index (χ3n) is 6.18. The summed E-state index contributed by atoms with van der Waals surface area (Å²) in [6, 6.07) is 6.48. The maximum Gasteiger partial charge on any atom is 0.176 e. The van der Waals surface area contributed by atoms with E-state index in [0.29, 0.717) is 0 Å². The Kier molecular flexibility index (Phi) is 4.80. The van der Waals surface area contributed by atoms with Gasteiger partial charge in [0, 0.05) is 13.1 Å². The number of rotatable bonds is 3. The molecule has 1 aliphatic carbocycles. The molecule has 0 N–H and O–H groups in total. The van der Waals surface area contributed by atoms with Crippen LogP contribution in [0.3, 0.4) is 0 Å². The number of aromatic nitrogens is 4. The largest absolute Gasteiger partial charge is 0.379 e. The van der Waals surface area contributed by atoms with Gasteiger partial charge in [0.2, 0.25) is 0 Å². The molecule has 4 rings (SSSR count). The number of hydrogen-bond acceptors (Lipinski definition) is 5. The van der Waals surface area contributed by atoms with Gasteiger partial charge in [0.25, 0.3) is 0 Å². The molecule has 2 aromatic rings. The Labute approximate surface area is 155 Å². The van der Waals surface area contributed by atoms with Crippen LogP contribution in [0.5, 0.6) is 0 Å². The van der Waals surface area contributed by atoms with Gasteiger partial charge in [-0.25, -0.2) is 0 Å². The Hall–Kier alpha value is -1.79. The highest BCUT2D eigenvalue weighted by atomic mass is 16.5. The van der Waals surface area contributed by atoms with Crippen LogP contribution in [0.25, 0.3) is 5.69 Å². The zero-order chi connectivity index (χ0) is 18.1. The fourth-order valence-electron chi connectivity index (χ4n) is 4.59.